The number of sulfonamides is 1. The van der Waals surface area contributed by atoms with Gasteiger partial charge in [-0.3, -0.25) is 9.52 Å². The molecule has 1 heterocycles. The highest BCUT2D eigenvalue weighted by molar-refractivity contribution is 8.00. The number of benzene rings is 1. The van der Waals surface area contributed by atoms with Gasteiger partial charge < -0.3 is 5.11 Å². The Hall–Kier alpha value is -1.32. The molecule has 102 valence electrons. The van der Waals surface area contributed by atoms with Crippen molar-refractivity contribution in [3.8, 4) is 0 Å². The molecule has 0 aliphatic carbocycles. The van der Waals surface area contributed by atoms with Gasteiger partial charge >= 0.3 is 5.97 Å². The summed E-state index contributed by atoms with van der Waals surface area (Å²) in [5.74, 6) is -2.35. The second-order valence-electron chi connectivity index (χ2n) is 3.62. The summed E-state index contributed by atoms with van der Waals surface area (Å²) >= 11 is 2.97. The van der Waals surface area contributed by atoms with Crippen LogP contribution in [0.3, 0.4) is 0 Å². The minimum absolute atomic E-state index is 0.338. The van der Waals surface area contributed by atoms with Crippen molar-refractivity contribution in [2.24, 2.45) is 0 Å². The van der Waals surface area contributed by atoms with Crippen molar-refractivity contribution in [2.75, 3.05) is 16.7 Å². The molecule has 9 heteroatoms. The number of aromatic nitrogens is 1. The molecule has 0 unspecified atom stereocenters. The van der Waals surface area contributed by atoms with Gasteiger partial charge in [0.1, 0.15) is 0 Å². The lowest BCUT2D eigenvalue weighted by Gasteiger charge is -2.05. The van der Waals surface area contributed by atoms with Crippen molar-refractivity contribution in [1.82, 2.24) is 4.98 Å². The van der Waals surface area contributed by atoms with Crippen molar-refractivity contribution in [3.63, 3.8) is 0 Å². The third-order valence-electron chi connectivity index (χ3n) is 2.13. The normalized spacial score (nSPS) is 11.6. The number of hydrogen-bond acceptors (Lipinski definition) is 6. The highest BCUT2D eigenvalue weighted by Crippen LogP contribution is 2.30. The molecule has 2 rings (SSSR count). The Morgan fingerprint density at radius 3 is 2.89 bits per heavy atom. The fourth-order valence-electron chi connectivity index (χ4n) is 1.43. The Kier molecular flexibility index (Phi) is 3.97. The number of aliphatic carboxylic acids is 1. The number of anilines is 1. The van der Waals surface area contributed by atoms with Crippen LogP contribution in [-0.2, 0) is 14.8 Å². The molecule has 2 N–H and O–H groups in total. The van der Waals surface area contributed by atoms with Gasteiger partial charge in [0.2, 0.25) is 10.0 Å². The Morgan fingerprint density at radius 1 is 1.53 bits per heavy atom. The van der Waals surface area contributed by atoms with E-state index < -0.39 is 21.7 Å². The molecule has 0 saturated heterocycles. The van der Waals surface area contributed by atoms with E-state index in [4.69, 9.17) is 5.11 Å². The first-order valence-corrected chi connectivity index (χ1v) is 8.76. The van der Waals surface area contributed by atoms with Crippen LogP contribution < -0.4 is 4.72 Å². The molecule has 0 bridgehead atoms. The number of carbonyl (C=O) groups is 1. The predicted molar refractivity (Wildman–Crippen MR) is 76.4 cm³/mol. The first-order chi connectivity index (χ1) is 8.89. The Morgan fingerprint density at radius 2 is 2.26 bits per heavy atom. The van der Waals surface area contributed by atoms with Gasteiger partial charge in [0.05, 0.1) is 15.9 Å². The topological polar surface area (TPSA) is 96.4 Å². The fraction of sp³-hybridized carbons (Fsp3) is 0.200. The molecule has 0 aliphatic rings. The van der Waals surface area contributed by atoms with E-state index in [1.165, 1.54) is 23.1 Å². The van der Waals surface area contributed by atoms with Crippen LogP contribution in [0.4, 0.5) is 5.69 Å². The zero-order chi connectivity index (χ0) is 14.0. The summed E-state index contributed by atoms with van der Waals surface area (Å²) in [6.45, 7) is 0. The van der Waals surface area contributed by atoms with Crippen molar-refractivity contribution in [1.29, 1.82) is 0 Å². The Bertz CT molecular complexity index is 723. The number of thioether (sulfide) groups is 1. The van der Waals surface area contributed by atoms with E-state index in [0.717, 1.165) is 14.6 Å². The Balaban J connectivity index is 2.28. The molecule has 0 spiro atoms. The summed E-state index contributed by atoms with van der Waals surface area (Å²) in [5.41, 5.74) is 1.13. The lowest BCUT2D eigenvalue weighted by atomic mass is 10.3. The largest absolute Gasteiger partial charge is 0.480 e. The van der Waals surface area contributed by atoms with E-state index in [0.29, 0.717) is 5.69 Å². The third kappa shape index (κ3) is 3.58. The maximum Gasteiger partial charge on any atom is 0.320 e. The predicted octanol–water partition coefficient (Wildman–Crippen LogP) is 1.84. The third-order valence-corrected chi connectivity index (χ3v) is 5.31. The molecule has 0 aliphatic heterocycles. The van der Waals surface area contributed by atoms with Crippen LogP contribution in [0, 0.1) is 0 Å². The number of nitrogens with zero attached hydrogens (tertiary/aromatic N) is 1. The molecule has 1 aromatic carbocycles. The second kappa shape index (κ2) is 5.35. The van der Waals surface area contributed by atoms with Gasteiger partial charge in [-0.2, -0.15) is 0 Å². The lowest BCUT2D eigenvalue weighted by Crippen LogP contribution is -2.22. The summed E-state index contributed by atoms with van der Waals surface area (Å²) in [6.07, 6.45) is 1.91. The number of fused-ring (bicyclic) bond motifs is 1. The van der Waals surface area contributed by atoms with E-state index in [9.17, 15) is 13.2 Å². The molecule has 0 radical (unpaired) electrons. The minimum atomic E-state index is -3.87. The van der Waals surface area contributed by atoms with Crippen LogP contribution in [0.1, 0.15) is 0 Å². The molecule has 2 aromatic rings. The van der Waals surface area contributed by atoms with Crippen LogP contribution in [0.15, 0.2) is 22.5 Å². The van der Waals surface area contributed by atoms with Crippen molar-refractivity contribution >= 4 is 55.0 Å². The van der Waals surface area contributed by atoms with E-state index >= 15 is 0 Å². The number of hydrogen-bond donors (Lipinski definition) is 2. The molecule has 0 saturated carbocycles. The second-order valence-corrected chi connectivity index (χ2v) is 7.43. The molecule has 0 atom stereocenters. The highest BCUT2D eigenvalue weighted by atomic mass is 32.2. The van der Waals surface area contributed by atoms with Crippen LogP contribution in [0.2, 0.25) is 0 Å². The number of rotatable bonds is 5. The smallest absolute Gasteiger partial charge is 0.320 e. The number of carboxylic acids is 1. The first kappa shape index (κ1) is 14.1. The summed E-state index contributed by atoms with van der Waals surface area (Å²) in [7, 11) is -3.87. The van der Waals surface area contributed by atoms with E-state index in [2.05, 4.69) is 9.71 Å². The zero-order valence-corrected chi connectivity index (χ0v) is 12.2. The highest BCUT2D eigenvalue weighted by Gasteiger charge is 2.16. The molecule has 6 nitrogen and oxygen atoms in total. The van der Waals surface area contributed by atoms with E-state index in [1.807, 2.05) is 6.26 Å². The SMILES string of the molecule is CSc1nc2ccc(NS(=O)(=O)CC(=O)O)cc2s1. The van der Waals surface area contributed by atoms with E-state index in [-0.39, 0.29) is 0 Å². The fourth-order valence-corrected chi connectivity index (χ4v) is 3.84. The van der Waals surface area contributed by atoms with E-state index in [1.54, 1.807) is 18.2 Å². The zero-order valence-electron chi connectivity index (χ0n) is 9.78. The number of nitrogens with one attached hydrogen (secondary N) is 1. The van der Waals surface area contributed by atoms with Crippen molar-refractivity contribution in [2.45, 2.75) is 4.34 Å². The average Bonchev–Trinajstić information content (AvgIpc) is 2.68. The quantitative estimate of drug-likeness (QED) is 0.817. The van der Waals surface area contributed by atoms with Gasteiger partial charge in [0.25, 0.3) is 0 Å². The van der Waals surface area contributed by atoms with Crippen LogP contribution in [0.25, 0.3) is 10.2 Å². The molecule has 19 heavy (non-hydrogen) atoms. The maximum absolute atomic E-state index is 11.5. The molecule has 0 amide bonds. The number of thiazole rings is 1. The summed E-state index contributed by atoms with van der Waals surface area (Å²) < 4.78 is 27.0. The van der Waals surface area contributed by atoms with Crippen molar-refractivity contribution < 1.29 is 18.3 Å². The van der Waals surface area contributed by atoms with Gasteiger partial charge in [-0.15, -0.1) is 11.3 Å². The van der Waals surface area contributed by atoms with Gasteiger partial charge in [-0.1, -0.05) is 11.8 Å². The van der Waals surface area contributed by atoms with Crippen molar-refractivity contribution in [3.05, 3.63) is 18.2 Å². The molecular formula is C10H10N2O4S3. The number of carboxylic acid groups (broad SMARTS) is 1. The van der Waals surface area contributed by atoms with Crippen LogP contribution >= 0.6 is 23.1 Å². The minimum Gasteiger partial charge on any atom is -0.480 e. The van der Waals surface area contributed by atoms with Gasteiger partial charge in [-0.25, -0.2) is 13.4 Å². The first-order valence-electron chi connectivity index (χ1n) is 5.06. The summed E-state index contributed by atoms with van der Waals surface area (Å²) in [5, 5.41) is 8.50. The van der Waals surface area contributed by atoms with Crippen LogP contribution in [-0.4, -0.2) is 36.5 Å². The Labute approximate surface area is 117 Å². The summed E-state index contributed by atoms with van der Waals surface area (Å²) in [4.78, 5) is 14.8. The monoisotopic (exact) mass is 318 g/mol. The van der Waals surface area contributed by atoms with Gasteiger partial charge in [0, 0.05) is 0 Å². The molecular weight excluding hydrogens is 308 g/mol. The average molecular weight is 318 g/mol. The lowest BCUT2D eigenvalue weighted by molar-refractivity contribution is -0.134. The van der Waals surface area contributed by atoms with Gasteiger partial charge in [0.15, 0.2) is 10.1 Å². The van der Waals surface area contributed by atoms with Gasteiger partial charge in [-0.05, 0) is 24.5 Å². The molecule has 1 aromatic heterocycles. The standard InChI is InChI=1S/C10H10N2O4S3/c1-17-10-11-7-3-2-6(4-8(7)18-10)12-19(15,16)5-9(13)14/h2-4,12H,5H2,1H3,(H,13,14). The van der Waals surface area contributed by atoms with Crippen LogP contribution in [0.5, 0.6) is 0 Å². The maximum atomic E-state index is 11.5. The molecule has 0 fully saturated rings. The summed E-state index contributed by atoms with van der Waals surface area (Å²) in [6, 6.07) is 4.90.